The predicted octanol–water partition coefficient (Wildman–Crippen LogP) is 2.46. The van der Waals surface area contributed by atoms with Gasteiger partial charge in [-0.05, 0) is 18.2 Å². The van der Waals surface area contributed by atoms with E-state index in [9.17, 15) is 18.0 Å². The molecule has 2 N–H and O–H groups in total. The lowest BCUT2D eigenvalue weighted by atomic mass is 10.1. The molecule has 0 unspecified atom stereocenters. The number of hydrogen-bond donors (Lipinski definition) is 1. The lowest BCUT2D eigenvalue weighted by Gasteiger charge is -2.07. The van der Waals surface area contributed by atoms with E-state index in [4.69, 9.17) is 0 Å². The Hall–Kier alpha value is -2.11. The lowest BCUT2D eigenvalue weighted by molar-refractivity contribution is -0.354. The molecule has 0 atom stereocenters. The van der Waals surface area contributed by atoms with Gasteiger partial charge in [-0.25, -0.2) is 4.98 Å². The fourth-order valence-electron chi connectivity index (χ4n) is 1.60. The summed E-state index contributed by atoms with van der Waals surface area (Å²) in [6, 6.07) is 8.32. The summed E-state index contributed by atoms with van der Waals surface area (Å²) in [6.45, 7) is 1.78. The number of aromatic nitrogens is 1. The van der Waals surface area contributed by atoms with Crippen molar-refractivity contribution < 1.29 is 22.9 Å². The molecule has 1 aromatic heterocycles. The Morgan fingerprint density at radius 3 is 2.61 bits per heavy atom. The maximum absolute atomic E-state index is 12.2. The average molecular weight is 255 g/mol. The molecule has 1 heterocycles. The molecule has 6 heteroatoms. The normalized spacial score (nSPS) is 11.6. The van der Waals surface area contributed by atoms with Crippen molar-refractivity contribution in [3.63, 3.8) is 0 Å². The molecule has 0 bridgehead atoms. The van der Waals surface area contributed by atoms with Crippen molar-refractivity contribution in [2.24, 2.45) is 0 Å². The second-order valence-corrected chi connectivity index (χ2v) is 3.86. The number of hydrogen-bond acceptors (Lipinski definition) is 1. The fourth-order valence-corrected chi connectivity index (χ4v) is 1.60. The topological polar surface area (TPSA) is 43.2 Å². The number of alkyl halides is 3. The summed E-state index contributed by atoms with van der Waals surface area (Å²) in [5, 5.41) is 2.58. The standard InChI is InChI=1S/C12H9F3N2O/c1-7-5-6-8-3-2-4-9(10(8)16-7)17-11(18)12(13,14)15/h2-6H,1H3,(H,17,18)/p+1. The number of aromatic amines is 1. The summed E-state index contributed by atoms with van der Waals surface area (Å²) >= 11 is 0. The first-order valence-corrected chi connectivity index (χ1v) is 5.18. The number of carbonyl (C=O) groups is 1. The van der Waals surface area contributed by atoms with E-state index in [2.05, 4.69) is 4.98 Å². The van der Waals surface area contributed by atoms with Gasteiger partial charge in [0.05, 0.1) is 0 Å². The summed E-state index contributed by atoms with van der Waals surface area (Å²) in [4.78, 5) is 13.8. The van der Waals surface area contributed by atoms with Crippen molar-refractivity contribution in [2.45, 2.75) is 13.1 Å². The first kappa shape index (κ1) is 12.3. The van der Waals surface area contributed by atoms with E-state index in [-0.39, 0.29) is 5.69 Å². The van der Waals surface area contributed by atoms with E-state index >= 15 is 0 Å². The molecule has 2 aromatic rings. The molecule has 0 aliphatic carbocycles. The van der Waals surface area contributed by atoms with Crippen molar-refractivity contribution in [3.8, 4) is 0 Å². The van der Waals surface area contributed by atoms with Crippen molar-refractivity contribution in [2.75, 3.05) is 5.32 Å². The van der Waals surface area contributed by atoms with Gasteiger partial charge in [0.15, 0.2) is 5.69 Å². The number of benzene rings is 1. The van der Waals surface area contributed by atoms with Crippen molar-refractivity contribution in [1.29, 1.82) is 0 Å². The Labute approximate surface area is 101 Å². The van der Waals surface area contributed by atoms with Gasteiger partial charge in [-0.1, -0.05) is 6.07 Å². The van der Waals surface area contributed by atoms with Crippen LogP contribution in [0.5, 0.6) is 0 Å². The first-order valence-electron chi connectivity index (χ1n) is 5.18. The fraction of sp³-hybridized carbons (Fsp3) is 0.167. The van der Waals surface area contributed by atoms with Crippen LogP contribution in [0.4, 0.5) is 18.9 Å². The molecule has 0 spiro atoms. The number of rotatable bonds is 1. The maximum Gasteiger partial charge on any atom is 0.471 e. The van der Waals surface area contributed by atoms with Gasteiger partial charge in [-0.3, -0.25) is 4.79 Å². The smallest absolute Gasteiger partial charge is 0.313 e. The van der Waals surface area contributed by atoms with Crippen LogP contribution in [0, 0.1) is 6.92 Å². The van der Waals surface area contributed by atoms with Crippen LogP contribution in [0.2, 0.25) is 0 Å². The van der Waals surface area contributed by atoms with Crippen molar-refractivity contribution in [3.05, 3.63) is 36.0 Å². The zero-order chi connectivity index (χ0) is 13.3. The number of pyridine rings is 1. The quantitative estimate of drug-likeness (QED) is 0.835. The van der Waals surface area contributed by atoms with E-state index in [1.807, 2.05) is 5.32 Å². The minimum Gasteiger partial charge on any atom is -0.313 e. The minimum atomic E-state index is -4.90. The van der Waals surface area contributed by atoms with Crippen LogP contribution in [-0.2, 0) is 4.79 Å². The largest absolute Gasteiger partial charge is 0.471 e. The van der Waals surface area contributed by atoms with Gasteiger partial charge in [0.25, 0.3) is 0 Å². The van der Waals surface area contributed by atoms with Gasteiger partial charge in [-0.15, -0.1) is 0 Å². The number of aryl methyl sites for hydroxylation is 1. The number of amides is 1. The van der Waals surface area contributed by atoms with Gasteiger partial charge >= 0.3 is 12.1 Å². The zero-order valence-electron chi connectivity index (χ0n) is 9.43. The molecule has 94 valence electrons. The van der Waals surface area contributed by atoms with E-state index in [0.717, 1.165) is 11.1 Å². The molecule has 1 aromatic carbocycles. The average Bonchev–Trinajstić information content (AvgIpc) is 2.28. The van der Waals surface area contributed by atoms with Crippen LogP contribution in [0.15, 0.2) is 30.3 Å². The number of carbonyl (C=O) groups excluding carboxylic acids is 1. The van der Waals surface area contributed by atoms with E-state index in [0.29, 0.717) is 5.52 Å². The molecule has 18 heavy (non-hydrogen) atoms. The number of nitrogens with one attached hydrogen (secondary N) is 2. The summed E-state index contributed by atoms with van der Waals surface area (Å²) < 4.78 is 36.6. The highest BCUT2D eigenvalue weighted by molar-refractivity contribution is 6.01. The molecule has 0 fully saturated rings. The molecular formula is C12H10F3N2O+. The van der Waals surface area contributed by atoms with Crippen LogP contribution in [-0.4, -0.2) is 12.1 Å². The molecule has 3 nitrogen and oxygen atoms in total. The van der Waals surface area contributed by atoms with Gasteiger partial charge in [0.2, 0.25) is 5.52 Å². The Morgan fingerprint density at radius 1 is 1.22 bits per heavy atom. The highest BCUT2D eigenvalue weighted by atomic mass is 19.4. The lowest BCUT2D eigenvalue weighted by Crippen LogP contribution is -2.30. The summed E-state index contributed by atoms with van der Waals surface area (Å²) in [5.41, 5.74) is 1.37. The van der Waals surface area contributed by atoms with E-state index in [1.165, 1.54) is 6.07 Å². The minimum absolute atomic E-state index is 0.110. The number of halogens is 3. The van der Waals surface area contributed by atoms with Crippen LogP contribution in [0.3, 0.4) is 0 Å². The Bertz CT molecular complexity index is 608. The second-order valence-electron chi connectivity index (χ2n) is 3.86. The van der Waals surface area contributed by atoms with Crippen LogP contribution in [0.1, 0.15) is 5.69 Å². The van der Waals surface area contributed by atoms with Gasteiger partial charge in [-0.2, -0.15) is 13.2 Å². The Morgan fingerprint density at radius 2 is 1.94 bits per heavy atom. The molecule has 2 rings (SSSR count). The monoisotopic (exact) mass is 255 g/mol. The predicted molar refractivity (Wildman–Crippen MR) is 59.9 cm³/mol. The Kier molecular flexibility index (Phi) is 2.94. The van der Waals surface area contributed by atoms with E-state index < -0.39 is 12.1 Å². The number of anilines is 1. The molecule has 0 saturated carbocycles. The SMILES string of the molecule is Cc1ccc2cccc(NC(=O)C(F)(F)F)c2[nH+]1. The van der Waals surface area contributed by atoms with Gasteiger partial charge in [0.1, 0.15) is 5.69 Å². The third-order valence-electron chi connectivity index (χ3n) is 2.44. The molecule has 0 radical (unpaired) electrons. The third kappa shape index (κ3) is 2.42. The highest BCUT2D eigenvalue weighted by Gasteiger charge is 2.39. The van der Waals surface area contributed by atoms with Crippen LogP contribution >= 0.6 is 0 Å². The van der Waals surface area contributed by atoms with Gasteiger partial charge < -0.3 is 5.32 Å². The van der Waals surface area contributed by atoms with Crippen molar-refractivity contribution >= 4 is 22.5 Å². The Balaban J connectivity index is 2.45. The summed E-state index contributed by atoms with van der Waals surface area (Å²) in [6.07, 6.45) is -4.90. The van der Waals surface area contributed by atoms with Crippen LogP contribution in [0.25, 0.3) is 10.9 Å². The van der Waals surface area contributed by atoms with E-state index in [1.54, 1.807) is 31.2 Å². The number of para-hydroxylation sites is 1. The van der Waals surface area contributed by atoms with Gasteiger partial charge in [0, 0.05) is 18.4 Å². The maximum atomic E-state index is 12.2. The molecular weight excluding hydrogens is 245 g/mol. The molecule has 0 saturated heterocycles. The van der Waals surface area contributed by atoms with Crippen LogP contribution < -0.4 is 10.3 Å². The second kappa shape index (κ2) is 4.29. The first-order chi connectivity index (χ1) is 8.38. The summed E-state index contributed by atoms with van der Waals surface area (Å²) in [7, 11) is 0. The third-order valence-corrected chi connectivity index (χ3v) is 2.44. The molecule has 0 aliphatic rings. The number of fused-ring (bicyclic) bond motifs is 1. The highest BCUT2D eigenvalue weighted by Crippen LogP contribution is 2.22. The summed E-state index contributed by atoms with van der Waals surface area (Å²) in [5.74, 6) is -1.98. The molecule has 1 amide bonds. The number of H-pyrrole nitrogens is 1. The molecule has 0 aliphatic heterocycles. The van der Waals surface area contributed by atoms with Crippen molar-refractivity contribution in [1.82, 2.24) is 0 Å². The zero-order valence-corrected chi connectivity index (χ0v) is 9.43.